The Morgan fingerprint density at radius 2 is 1.68 bits per heavy atom. The number of nitriles is 2. The van der Waals surface area contributed by atoms with Crippen LogP contribution in [0.5, 0.6) is 0 Å². The van der Waals surface area contributed by atoms with Gasteiger partial charge in [-0.15, -0.1) is 0 Å². The normalized spacial score (nSPS) is 34.6. The number of rotatable bonds is 5. The monoisotopic (exact) mass is 402 g/mol. The number of nitrogens with zero attached hydrogens (tertiary/aromatic N) is 3. The van der Waals surface area contributed by atoms with Crippen molar-refractivity contribution in [3.05, 3.63) is 34.3 Å². The summed E-state index contributed by atoms with van der Waals surface area (Å²) < 4.78 is 12.6. The summed E-state index contributed by atoms with van der Waals surface area (Å²) >= 11 is 3.41. The summed E-state index contributed by atoms with van der Waals surface area (Å²) in [6.07, 6.45) is 0. The lowest BCUT2D eigenvalue weighted by Crippen LogP contribution is -2.46. The molecule has 6 nitrogen and oxygen atoms in total. The molecule has 2 N–H and O–H groups in total. The van der Waals surface area contributed by atoms with Crippen molar-refractivity contribution in [2.24, 2.45) is 21.6 Å². The molecule has 2 aliphatic rings. The second kappa shape index (κ2) is 5.54. The van der Waals surface area contributed by atoms with Crippen LogP contribution >= 0.6 is 15.9 Å². The maximum Gasteiger partial charge on any atom is 0.293 e. The standard InChI is InChI=1S/C18H19BrN4O2/c1-4-24-18(25-5-2)17(11-21)15(3,12-6-8-13(19)9-7-12)16(17,10-20)14(22)23-18/h6-9H,4-5H2,1-3H3,(H2,22,23)/t15-,16+,17-/m1/s1. The van der Waals surface area contributed by atoms with Gasteiger partial charge in [0, 0.05) is 23.1 Å². The largest absolute Gasteiger partial charge is 0.386 e. The van der Waals surface area contributed by atoms with E-state index in [0.29, 0.717) is 0 Å². The van der Waals surface area contributed by atoms with E-state index in [1.165, 1.54) is 0 Å². The Hall–Kier alpha value is -1.93. The number of aliphatic imine (C=N–C) groups is 1. The molecule has 1 aliphatic heterocycles. The van der Waals surface area contributed by atoms with E-state index in [-0.39, 0.29) is 19.0 Å². The number of amidine groups is 1. The molecule has 0 amide bonds. The summed E-state index contributed by atoms with van der Waals surface area (Å²) in [5.41, 5.74) is 3.48. The predicted octanol–water partition coefficient (Wildman–Crippen LogP) is 2.84. The molecule has 1 aliphatic carbocycles. The van der Waals surface area contributed by atoms with E-state index >= 15 is 0 Å². The van der Waals surface area contributed by atoms with Crippen LogP contribution in [0.2, 0.25) is 0 Å². The van der Waals surface area contributed by atoms with Gasteiger partial charge < -0.3 is 15.2 Å². The molecule has 0 aromatic heterocycles. The van der Waals surface area contributed by atoms with Gasteiger partial charge in [-0.2, -0.15) is 10.5 Å². The van der Waals surface area contributed by atoms with Gasteiger partial charge in [0.1, 0.15) is 5.84 Å². The van der Waals surface area contributed by atoms with Crippen LogP contribution < -0.4 is 5.73 Å². The van der Waals surface area contributed by atoms with E-state index in [1.54, 1.807) is 13.8 Å². The maximum atomic E-state index is 10.2. The second-order valence-electron chi connectivity index (χ2n) is 6.30. The summed E-state index contributed by atoms with van der Waals surface area (Å²) in [7, 11) is 0. The molecule has 130 valence electrons. The lowest BCUT2D eigenvalue weighted by atomic mass is 9.84. The van der Waals surface area contributed by atoms with E-state index in [9.17, 15) is 10.5 Å². The SMILES string of the molecule is CCOC1(OCC)N=C(N)[C@@]2(C#N)[C@@](C)(c3ccc(Br)cc3)[C@@]12C#N. The number of halogens is 1. The summed E-state index contributed by atoms with van der Waals surface area (Å²) in [6, 6.07) is 12.1. The molecule has 25 heavy (non-hydrogen) atoms. The van der Waals surface area contributed by atoms with Gasteiger partial charge in [-0.1, -0.05) is 35.0 Å². The second-order valence-corrected chi connectivity index (χ2v) is 7.22. The molecule has 0 saturated heterocycles. The van der Waals surface area contributed by atoms with Gasteiger partial charge in [-0.25, -0.2) is 4.99 Å². The van der Waals surface area contributed by atoms with Gasteiger partial charge in [0.05, 0.1) is 12.1 Å². The van der Waals surface area contributed by atoms with Crippen LogP contribution in [-0.4, -0.2) is 25.0 Å². The van der Waals surface area contributed by atoms with Gasteiger partial charge in [-0.05, 0) is 31.5 Å². The zero-order chi connectivity index (χ0) is 18.5. The van der Waals surface area contributed by atoms with E-state index in [2.05, 4.69) is 33.1 Å². The molecule has 7 heteroatoms. The van der Waals surface area contributed by atoms with E-state index in [1.807, 2.05) is 31.2 Å². The van der Waals surface area contributed by atoms with Crippen molar-refractivity contribution in [2.75, 3.05) is 13.2 Å². The first kappa shape index (κ1) is 17.9. The minimum Gasteiger partial charge on any atom is -0.386 e. The minimum atomic E-state index is -1.59. The number of hydrogen-bond acceptors (Lipinski definition) is 6. The van der Waals surface area contributed by atoms with Gasteiger partial charge in [0.25, 0.3) is 5.91 Å². The van der Waals surface area contributed by atoms with E-state index in [4.69, 9.17) is 15.2 Å². The minimum absolute atomic E-state index is 0.0869. The molecule has 0 spiro atoms. The highest BCUT2D eigenvalue weighted by molar-refractivity contribution is 9.10. The zero-order valence-corrected chi connectivity index (χ0v) is 15.9. The summed E-state index contributed by atoms with van der Waals surface area (Å²) in [5.74, 6) is -1.50. The Labute approximate surface area is 155 Å². The number of ether oxygens (including phenoxy) is 2. The fourth-order valence-corrected chi connectivity index (χ4v) is 4.76. The van der Waals surface area contributed by atoms with Gasteiger partial charge in [0.2, 0.25) is 0 Å². The number of benzene rings is 1. The van der Waals surface area contributed by atoms with E-state index < -0.39 is 22.2 Å². The van der Waals surface area contributed by atoms with Crippen molar-refractivity contribution < 1.29 is 9.47 Å². The summed E-state index contributed by atoms with van der Waals surface area (Å²) in [5, 5.41) is 20.3. The van der Waals surface area contributed by atoms with Crippen LogP contribution in [0.15, 0.2) is 33.7 Å². The Balaban J connectivity index is 2.30. The Morgan fingerprint density at radius 3 is 2.12 bits per heavy atom. The fraction of sp³-hybridized carbons (Fsp3) is 0.500. The van der Waals surface area contributed by atoms with Crippen molar-refractivity contribution in [3.63, 3.8) is 0 Å². The van der Waals surface area contributed by atoms with Crippen molar-refractivity contribution >= 4 is 21.8 Å². The third-order valence-electron chi connectivity index (χ3n) is 5.56. The first-order chi connectivity index (χ1) is 11.9. The van der Waals surface area contributed by atoms with Gasteiger partial charge in [-0.3, -0.25) is 0 Å². The predicted molar refractivity (Wildman–Crippen MR) is 95.2 cm³/mol. The summed E-state index contributed by atoms with van der Waals surface area (Å²) in [6.45, 7) is 6.00. The van der Waals surface area contributed by atoms with Crippen LogP contribution in [0, 0.1) is 33.5 Å². The molecule has 0 unspecified atom stereocenters. The smallest absolute Gasteiger partial charge is 0.293 e. The van der Waals surface area contributed by atoms with Gasteiger partial charge >= 0.3 is 0 Å². The molecule has 1 saturated carbocycles. The first-order valence-electron chi connectivity index (χ1n) is 8.09. The Morgan fingerprint density at radius 1 is 1.12 bits per heavy atom. The number of fused-ring (bicyclic) bond motifs is 1. The lowest BCUT2D eigenvalue weighted by Gasteiger charge is -2.34. The highest BCUT2D eigenvalue weighted by Crippen LogP contribution is 2.85. The highest BCUT2D eigenvalue weighted by atomic mass is 79.9. The molecule has 1 aromatic rings. The molecule has 1 aromatic carbocycles. The van der Waals surface area contributed by atoms with Crippen molar-refractivity contribution in [2.45, 2.75) is 32.1 Å². The quantitative estimate of drug-likeness (QED) is 0.762. The lowest BCUT2D eigenvalue weighted by molar-refractivity contribution is -0.257. The van der Waals surface area contributed by atoms with Crippen molar-refractivity contribution in [3.8, 4) is 12.1 Å². The maximum absolute atomic E-state index is 10.2. The third kappa shape index (κ3) is 1.67. The highest BCUT2D eigenvalue weighted by Gasteiger charge is 2.99. The number of hydrogen-bond donors (Lipinski definition) is 1. The third-order valence-corrected chi connectivity index (χ3v) is 6.09. The molecule has 1 fully saturated rings. The molecule has 0 radical (unpaired) electrons. The van der Waals surface area contributed by atoms with Crippen LogP contribution in [-0.2, 0) is 14.9 Å². The summed E-state index contributed by atoms with van der Waals surface area (Å²) in [4.78, 5) is 4.35. The molecule has 3 atom stereocenters. The first-order valence-corrected chi connectivity index (χ1v) is 8.89. The Kier molecular flexibility index (Phi) is 3.96. The van der Waals surface area contributed by atoms with Crippen LogP contribution in [0.25, 0.3) is 0 Å². The molecule has 0 bridgehead atoms. The fourth-order valence-electron chi connectivity index (χ4n) is 4.50. The average Bonchev–Trinajstić information content (AvgIpc) is 3.01. The number of nitrogens with two attached hydrogens (primary N) is 1. The molecule has 1 heterocycles. The molecular weight excluding hydrogens is 384 g/mol. The van der Waals surface area contributed by atoms with Crippen LogP contribution in [0.4, 0.5) is 0 Å². The van der Waals surface area contributed by atoms with E-state index in [0.717, 1.165) is 10.0 Å². The van der Waals surface area contributed by atoms with Gasteiger partial charge in [0.15, 0.2) is 10.8 Å². The molecule has 3 rings (SSSR count). The topological polar surface area (TPSA) is 104 Å². The van der Waals surface area contributed by atoms with Crippen molar-refractivity contribution in [1.29, 1.82) is 10.5 Å². The van der Waals surface area contributed by atoms with Crippen LogP contribution in [0.3, 0.4) is 0 Å². The van der Waals surface area contributed by atoms with Crippen molar-refractivity contribution in [1.82, 2.24) is 0 Å². The van der Waals surface area contributed by atoms with Crippen LogP contribution in [0.1, 0.15) is 26.3 Å². The molecular formula is C18H19BrN4O2. The zero-order valence-electron chi connectivity index (χ0n) is 14.3. The Bertz CT molecular complexity index is 819. The average molecular weight is 403 g/mol.